The van der Waals surface area contributed by atoms with E-state index in [0.29, 0.717) is 6.54 Å². The molecule has 0 aliphatic carbocycles. The third-order valence-corrected chi connectivity index (χ3v) is 5.23. The number of hydrogen-bond acceptors (Lipinski definition) is 5. The van der Waals surface area contributed by atoms with Crippen LogP contribution in [0.3, 0.4) is 0 Å². The summed E-state index contributed by atoms with van der Waals surface area (Å²) in [6.45, 7) is -0.146. The minimum absolute atomic E-state index is 0.165. The molecule has 3 rings (SSSR count). The van der Waals surface area contributed by atoms with Crippen molar-refractivity contribution >= 4 is 39.9 Å². The highest BCUT2D eigenvalue weighted by Crippen LogP contribution is 2.18. The Morgan fingerprint density at radius 3 is 2.55 bits per heavy atom. The molecule has 0 spiro atoms. The lowest BCUT2D eigenvalue weighted by atomic mass is 10.0. The van der Waals surface area contributed by atoms with Crippen LogP contribution >= 0.6 is 11.3 Å². The van der Waals surface area contributed by atoms with Gasteiger partial charge in [-0.1, -0.05) is 48.5 Å². The van der Waals surface area contributed by atoms with Gasteiger partial charge in [-0.05, 0) is 34.2 Å². The van der Waals surface area contributed by atoms with Gasteiger partial charge in [0.2, 0.25) is 5.91 Å². The average molecular weight is 410 g/mol. The second-order valence-corrected chi connectivity index (χ2v) is 7.46. The summed E-state index contributed by atoms with van der Waals surface area (Å²) < 4.78 is 4.90. The van der Waals surface area contributed by atoms with E-state index in [0.717, 1.165) is 22.8 Å². The van der Waals surface area contributed by atoms with Crippen molar-refractivity contribution in [3.8, 4) is 0 Å². The van der Waals surface area contributed by atoms with Crippen LogP contribution in [-0.4, -0.2) is 37.5 Å². The summed E-state index contributed by atoms with van der Waals surface area (Å²) >= 11 is 1.63. The first-order valence-electron chi connectivity index (χ1n) is 9.30. The number of esters is 1. The largest absolute Gasteiger partial charge is 0.454 e. The van der Waals surface area contributed by atoms with E-state index in [-0.39, 0.29) is 31.4 Å². The molecule has 0 atom stereocenters. The first-order chi connectivity index (χ1) is 14.1. The number of thiophene rings is 1. The van der Waals surface area contributed by atoms with Gasteiger partial charge in [-0.15, -0.1) is 11.3 Å². The van der Waals surface area contributed by atoms with Gasteiger partial charge >= 0.3 is 5.97 Å². The Balaban J connectivity index is 1.35. The second-order valence-electron chi connectivity index (χ2n) is 6.43. The highest BCUT2D eigenvalue weighted by Gasteiger charge is 2.11. The Labute approximate surface area is 172 Å². The molecule has 0 radical (unpaired) electrons. The Morgan fingerprint density at radius 1 is 0.897 bits per heavy atom. The minimum atomic E-state index is -0.648. The van der Waals surface area contributed by atoms with Crippen molar-refractivity contribution in [2.24, 2.45) is 0 Å². The van der Waals surface area contributed by atoms with E-state index in [1.165, 1.54) is 4.88 Å². The monoisotopic (exact) mass is 410 g/mol. The van der Waals surface area contributed by atoms with E-state index >= 15 is 0 Å². The lowest BCUT2D eigenvalue weighted by molar-refractivity contribution is -0.148. The highest BCUT2D eigenvalue weighted by atomic mass is 32.1. The Hall–Kier alpha value is -3.19. The predicted octanol–water partition coefficient (Wildman–Crippen LogP) is 2.46. The molecule has 0 aliphatic heterocycles. The van der Waals surface area contributed by atoms with Crippen LogP contribution in [0, 0.1) is 0 Å². The van der Waals surface area contributed by atoms with Crippen LogP contribution < -0.4 is 10.6 Å². The molecule has 7 heteroatoms. The third kappa shape index (κ3) is 6.43. The van der Waals surface area contributed by atoms with Crippen LogP contribution in [0.15, 0.2) is 60.0 Å². The van der Waals surface area contributed by atoms with Gasteiger partial charge in [-0.2, -0.15) is 0 Å². The number of amides is 2. The Morgan fingerprint density at radius 2 is 1.72 bits per heavy atom. The molecule has 29 heavy (non-hydrogen) atoms. The summed E-state index contributed by atoms with van der Waals surface area (Å²) in [6.07, 6.45) is 0.902. The molecule has 2 N–H and O–H groups in total. The molecule has 0 saturated heterocycles. The second kappa shape index (κ2) is 10.4. The zero-order valence-corrected chi connectivity index (χ0v) is 16.7. The summed E-state index contributed by atoms with van der Waals surface area (Å²) in [6, 6.07) is 17.5. The molecule has 0 saturated carbocycles. The molecule has 2 amide bonds. The van der Waals surface area contributed by atoms with E-state index in [2.05, 4.69) is 10.6 Å². The molecule has 3 aromatic rings. The number of rotatable bonds is 9. The van der Waals surface area contributed by atoms with Crippen molar-refractivity contribution in [1.82, 2.24) is 10.6 Å². The van der Waals surface area contributed by atoms with Crippen LogP contribution in [0.1, 0.15) is 10.4 Å². The minimum Gasteiger partial charge on any atom is -0.454 e. The van der Waals surface area contributed by atoms with Gasteiger partial charge in [-0.3, -0.25) is 14.4 Å². The topological polar surface area (TPSA) is 84.5 Å². The van der Waals surface area contributed by atoms with Crippen molar-refractivity contribution < 1.29 is 19.1 Å². The van der Waals surface area contributed by atoms with E-state index in [1.807, 2.05) is 60.0 Å². The van der Waals surface area contributed by atoms with Crippen LogP contribution in [0.5, 0.6) is 0 Å². The van der Waals surface area contributed by atoms with Gasteiger partial charge in [0.05, 0.1) is 6.42 Å². The first-order valence-corrected chi connectivity index (χ1v) is 10.2. The number of carbonyl (C=O) groups excluding carboxylic acids is 3. The zero-order chi connectivity index (χ0) is 20.5. The number of fused-ring (bicyclic) bond motifs is 1. The molecular formula is C22H22N2O4S. The molecular weight excluding hydrogens is 388 g/mol. The molecule has 0 bridgehead atoms. The van der Waals surface area contributed by atoms with Crippen molar-refractivity contribution in [3.05, 3.63) is 70.4 Å². The van der Waals surface area contributed by atoms with Crippen LogP contribution in [0.2, 0.25) is 0 Å². The van der Waals surface area contributed by atoms with Crippen LogP contribution in [0.25, 0.3) is 10.8 Å². The number of ether oxygens (including phenoxy) is 1. The van der Waals surface area contributed by atoms with Gasteiger partial charge < -0.3 is 15.4 Å². The van der Waals surface area contributed by atoms with E-state index in [9.17, 15) is 14.4 Å². The number of benzene rings is 2. The van der Waals surface area contributed by atoms with Gasteiger partial charge in [0, 0.05) is 11.4 Å². The molecule has 0 aliphatic rings. The number of nitrogens with one attached hydrogen (secondary N) is 2. The maximum absolute atomic E-state index is 12.2. The van der Waals surface area contributed by atoms with Gasteiger partial charge in [0.1, 0.15) is 6.54 Å². The lowest BCUT2D eigenvalue weighted by Crippen LogP contribution is -2.35. The van der Waals surface area contributed by atoms with E-state index < -0.39 is 5.97 Å². The van der Waals surface area contributed by atoms with Crippen LogP contribution in [-0.2, 0) is 32.0 Å². The molecule has 2 aromatic carbocycles. The fourth-order valence-corrected chi connectivity index (χ4v) is 3.59. The summed E-state index contributed by atoms with van der Waals surface area (Å²) in [5.74, 6) is -1.29. The quantitative estimate of drug-likeness (QED) is 0.531. The van der Waals surface area contributed by atoms with Crippen molar-refractivity contribution in [2.45, 2.75) is 12.8 Å². The maximum atomic E-state index is 12.2. The normalized spacial score (nSPS) is 10.5. The van der Waals surface area contributed by atoms with E-state index in [4.69, 9.17) is 4.74 Å². The molecule has 0 fully saturated rings. The van der Waals surface area contributed by atoms with Gasteiger partial charge in [0.25, 0.3) is 5.91 Å². The van der Waals surface area contributed by atoms with Crippen molar-refractivity contribution in [1.29, 1.82) is 0 Å². The average Bonchev–Trinajstić information content (AvgIpc) is 3.24. The molecule has 150 valence electrons. The molecule has 1 aromatic heterocycles. The Kier molecular flexibility index (Phi) is 7.35. The zero-order valence-electron chi connectivity index (χ0n) is 15.9. The Bertz CT molecular complexity index is 980. The fraction of sp³-hybridized carbons (Fsp3) is 0.227. The van der Waals surface area contributed by atoms with Crippen LogP contribution in [0.4, 0.5) is 0 Å². The predicted molar refractivity (Wildman–Crippen MR) is 113 cm³/mol. The standard InChI is InChI=1S/C22H22N2O4S/c25-20(13-17-7-3-6-16-5-1-2-9-19(16)17)24-14-22(27)28-15-21(26)23-11-10-18-8-4-12-29-18/h1-9,12H,10-11,13-15H2,(H,23,26)(H,24,25). The summed E-state index contributed by atoms with van der Waals surface area (Å²) in [4.78, 5) is 36.8. The smallest absolute Gasteiger partial charge is 0.325 e. The summed E-state index contributed by atoms with van der Waals surface area (Å²) in [7, 11) is 0. The number of carbonyl (C=O) groups is 3. The summed E-state index contributed by atoms with van der Waals surface area (Å²) in [5, 5.41) is 9.28. The first kappa shape index (κ1) is 20.5. The fourth-order valence-electron chi connectivity index (χ4n) is 2.88. The SMILES string of the molecule is O=C(COC(=O)CNC(=O)Cc1cccc2ccccc12)NCCc1cccs1. The third-order valence-electron chi connectivity index (χ3n) is 4.30. The van der Waals surface area contributed by atoms with E-state index in [1.54, 1.807) is 11.3 Å². The van der Waals surface area contributed by atoms with Gasteiger partial charge in [0.15, 0.2) is 6.61 Å². The van der Waals surface area contributed by atoms with Crippen molar-refractivity contribution in [2.75, 3.05) is 19.7 Å². The summed E-state index contributed by atoms with van der Waals surface area (Å²) in [5.41, 5.74) is 0.888. The molecule has 0 unspecified atom stereocenters. The number of hydrogen-bond donors (Lipinski definition) is 2. The van der Waals surface area contributed by atoms with Crippen molar-refractivity contribution in [3.63, 3.8) is 0 Å². The lowest BCUT2D eigenvalue weighted by Gasteiger charge is -2.09. The maximum Gasteiger partial charge on any atom is 0.325 e. The highest BCUT2D eigenvalue weighted by molar-refractivity contribution is 7.09. The molecule has 1 heterocycles. The van der Waals surface area contributed by atoms with Gasteiger partial charge in [-0.25, -0.2) is 0 Å². The molecule has 6 nitrogen and oxygen atoms in total.